The summed E-state index contributed by atoms with van der Waals surface area (Å²) in [7, 11) is 0. The summed E-state index contributed by atoms with van der Waals surface area (Å²) in [5, 5.41) is 10.5. The van der Waals surface area contributed by atoms with Crippen LogP contribution < -0.4 is 5.32 Å². The molecule has 1 amide bonds. The molecule has 2 rings (SSSR count). The number of carbonyl (C=O) groups excluding carboxylic acids is 1. The Balaban J connectivity index is 2.02. The van der Waals surface area contributed by atoms with Crippen LogP contribution in [-0.2, 0) is 11.2 Å². The first-order valence-electron chi connectivity index (χ1n) is 5.30. The second-order valence-corrected chi connectivity index (χ2v) is 4.80. The minimum atomic E-state index is -0.167. The molecule has 1 heterocycles. The zero-order chi connectivity index (χ0) is 13.1. The van der Waals surface area contributed by atoms with E-state index in [0.717, 1.165) is 5.69 Å². The van der Waals surface area contributed by atoms with Crippen molar-refractivity contribution in [2.24, 2.45) is 0 Å². The summed E-state index contributed by atoms with van der Waals surface area (Å²) < 4.78 is 0. The lowest BCUT2D eigenvalue weighted by Gasteiger charge is -2.05. The third-order valence-corrected chi connectivity index (χ3v) is 2.68. The van der Waals surface area contributed by atoms with Gasteiger partial charge in [0.15, 0.2) is 0 Å². The van der Waals surface area contributed by atoms with Crippen molar-refractivity contribution in [3.63, 3.8) is 0 Å². The van der Waals surface area contributed by atoms with Gasteiger partial charge in [-0.05, 0) is 31.2 Å². The van der Waals surface area contributed by atoms with Gasteiger partial charge >= 0.3 is 0 Å². The number of rotatable bonds is 3. The number of carbonyl (C=O) groups is 1. The van der Waals surface area contributed by atoms with Gasteiger partial charge in [0.05, 0.1) is 12.1 Å². The van der Waals surface area contributed by atoms with Crippen LogP contribution in [0.15, 0.2) is 24.3 Å². The number of H-pyrrole nitrogens is 1. The van der Waals surface area contributed by atoms with Crippen molar-refractivity contribution in [2.45, 2.75) is 13.3 Å². The molecule has 6 heteroatoms. The molecule has 4 nitrogen and oxygen atoms in total. The highest BCUT2D eigenvalue weighted by Gasteiger charge is 2.07. The zero-order valence-corrected chi connectivity index (χ0v) is 11.1. The van der Waals surface area contributed by atoms with Crippen molar-refractivity contribution >= 4 is 34.8 Å². The van der Waals surface area contributed by atoms with Crippen LogP contribution in [0, 0.1) is 6.92 Å². The SMILES string of the molecule is Cc1cc(CC(=O)Nc2cc(Cl)cc(Cl)c2)n[nH]1. The Morgan fingerprint density at radius 2 is 1.94 bits per heavy atom. The van der Waals surface area contributed by atoms with Gasteiger partial charge in [-0.25, -0.2) is 0 Å². The Hall–Kier alpha value is -1.52. The highest BCUT2D eigenvalue weighted by Crippen LogP contribution is 2.22. The molecule has 94 valence electrons. The summed E-state index contributed by atoms with van der Waals surface area (Å²) in [6, 6.07) is 6.71. The van der Waals surface area contributed by atoms with Gasteiger partial charge < -0.3 is 5.32 Å². The van der Waals surface area contributed by atoms with Crippen LogP contribution >= 0.6 is 23.2 Å². The molecule has 0 bridgehead atoms. The first-order chi connectivity index (χ1) is 8.52. The third kappa shape index (κ3) is 3.48. The van der Waals surface area contributed by atoms with Crippen molar-refractivity contribution in [3.05, 3.63) is 45.7 Å². The summed E-state index contributed by atoms with van der Waals surface area (Å²) in [5.74, 6) is -0.167. The smallest absolute Gasteiger partial charge is 0.230 e. The van der Waals surface area contributed by atoms with E-state index in [9.17, 15) is 4.79 Å². The minimum absolute atomic E-state index is 0.167. The van der Waals surface area contributed by atoms with E-state index >= 15 is 0 Å². The molecule has 0 spiro atoms. The number of halogens is 2. The van der Waals surface area contributed by atoms with Crippen molar-refractivity contribution in [2.75, 3.05) is 5.32 Å². The van der Waals surface area contributed by atoms with Crippen LogP contribution in [0.5, 0.6) is 0 Å². The predicted molar refractivity (Wildman–Crippen MR) is 72.1 cm³/mol. The summed E-state index contributed by atoms with van der Waals surface area (Å²) >= 11 is 11.7. The lowest BCUT2D eigenvalue weighted by Crippen LogP contribution is -2.14. The Kier molecular flexibility index (Phi) is 3.89. The number of nitrogens with zero attached hydrogens (tertiary/aromatic N) is 1. The van der Waals surface area contributed by atoms with Gasteiger partial charge in [-0.3, -0.25) is 9.89 Å². The van der Waals surface area contributed by atoms with E-state index in [2.05, 4.69) is 15.5 Å². The second kappa shape index (κ2) is 5.42. The maximum absolute atomic E-state index is 11.8. The molecule has 2 N–H and O–H groups in total. The maximum atomic E-state index is 11.8. The molecule has 0 saturated heterocycles. The quantitative estimate of drug-likeness (QED) is 0.909. The number of aryl methyl sites for hydroxylation is 1. The average molecular weight is 284 g/mol. The number of aromatic nitrogens is 2. The Bertz CT molecular complexity index is 560. The molecular weight excluding hydrogens is 273 g/mol. The monoisotopic (exact) mass is 283 g/mol. The standard InChI is InChI=1S/C12H11Cl2N3O/c1-7-2-11(17-16-7)6-12(18)15-10-4-8(13)3-9(14)5-10/h2-5H,6H2,1H3,(H,15,18)(H,16,17). The summed E-state index contributed by atoms with van der Waals surface area (Å²) in [5.41, 5.74) is 2.19. The Morgan fingerprint density at radius 1 is 1.28 bits per heavy atom. The summed E-state index contributed by atoms with van der Waals surface area (Å²) in [6.07, 6.45) is 0.203. The minimum Gasteiger partial charge on any atom is -0.326 e. The van der Waals surface area contributed by atoms with Crippen molar-refractivity contribution in [1.29, 1.82) is 0 Å². The number of anilines is 1. The van der Waals surface area contributed by atoms with Gasteiger partial charge in [-0.15, -0.1) is 0 Å². The zero-order valence-electron chi connectivity index (χ0n) is 9.63. The van der Waals surface area contributed by atoms with Gasteiger partial charge in [0.1, 0.15) is 0 Å². The molecule has 0 radical (unpaired) electrons. The average Bonchev–Trinajstić information content (AvgIpc) is 2.61. The van der Waals surface area contributed by atoms with Gasteiger partial charge in [0, 0.05) is 21.4 Å². The highest BCUT2D eigenvalue weighted by atomic mass is 35.5. The summed E-state index contributed by atoms with van der Waals surface area (Å²) in [4.78, 5) is 11.8. The highest BCUT2D eigenvalue weighted by molar-refractivity contribution is 6.35. The molecule has 1 aromatic heterocycles. The number of nitrogens with one attached hydrogen (secondary N) is 2. The molecule has 1 aromatic carbocycles. The first-order valence-corrected chi connectivity index (χ1v) is 6.05. The number of hydrogen-bond donors (Lipinski definition) is 2. The van der Waals surface area contributed by atoms with Gasteiger partial charge in [-0.2, -0.15) is 5.10 Å². The second-order valence-electron chi connectivity index (χ2n) is 3.93. The van der Waals surface area contributed by atoms with E-state index in [-0.39, 0.29) is 12.3 Å². The summed E-state index contributed by atoms with van der Waals surface area (Å²) in [6.45, 7) is 1.88. The number of aromatic amines is 1. The van der Waals surface area contributed by atoms with E-state index in [0.29, 0.717) is 21.4 Å². The topological polar surface area (TPSA) is 57.8 Å². The van der Waals surface area contributed by atoms with E-state index in [1.165, 1.54) is 0 Å². The van der Waals surface area contributed by atoms with E-state index in [4.69, 9.17) is 23.2 Å². The molecule has 18 heavy (non-hydrogen) atoms. The molecule has 2 aromatic rings. The maximum Gasteiger partial charge on any atom is 0.230 e. The van der Waals surface area contributed by atoms with Crippen molar-refractivity contribution in [1.82, 2.24) is 10.2 Å². The Morgan fingerprint density at radius 3 is 2.50 bits per heavy atom. The van der Waals surface area contributed by atoms with Gasteiger partial charge in [0.2, 0.25) is 5.91 Å². The molecule has 0 unspecified atom stereocenters. The lowest BCUT2D eigenvalue weighted by atomic mass is 10.2. The first kappa shape index (κ1) is 12.9. The normalized spacial score (nSPS) is 10.4. The lowest BCUT2D eigenvalue weighted by molar-refractivity contribution is -0.115. The predicted octanol–water partition coefficient (Wildman–Crippen LogP) is 3.21. The fourth-order valence-electron chi connectivity index (χ4n) is 1.56. The number of hydrogen-bond acceptors (Lipinski definition) is 2. The van der Waals surface area contributed by atoms with Crippen molar-refractivity contribution in [3.8, 4) is 0 Å². The fraction of sp³-hybridized carbons (Fsp3) is 0.167. The van der Waals surface area contributed by atoms with Gasteiger partial charge in [0.25, 0.3) is 0 Å². The molecule has 0 saturated carbocycles. The van der Waals surface area contributed by atoms with Gasteiger partial charge in [-0.1, -0.05) is 23.2 Å². The van der Waals surface area contributed by atoms with E-state index in [1.54, 1.807) is 18.2 Å². The van der Waals surface area contributed by atoms with Crippen LogP contribution in [0.25, 0.3) is 0 Å². The molecule has 0 atom stereocenters. The molecule has 0 aliphatic rings. The fourth-order valence-corrected chi connectivity index (χ4v) is 2.09. The van der Waals surface area contributed by atoms with Crippen LogP contribution in [0.2, 0.25) is 10.0 Å². The largest absolute Gasteiger partial charge is 0.326 e. The third-order valence-electron chi connectivity index (χ3n) is 2.25. The number of amides is 1. The molecule has 0 aliphatic heterocycles. The van der Waals surface area contributed by atoms with Crippen LogP contribution in [0.1, 0.15) is 11.4 Å². The molecule has 0 fully saturated rings. The van der Waals surface area contributed by atoms with Crippen LogP contribution in [0.3, 0.4) is 0 Å². The van der Waals surface area contributed by atoms with Crippen LogP contribution in [0.4, 0.5) is 5.69 Å². The van der Waals surface area contributed by atoms with E-state index < -0.39 is 0 Å². The molecule has 0 aliphatic carbocycles. The number of benzene rings is 1. The van der Waals surface area contributed by atoms with Crippen LogP contribution in [-0.4, -0.2) is 16.1 Å². The Labute approximate surface area is 114 Å². The molecular formula is C12H11Cl2N3O. The van der Waals surface area contributed by atoms with E-state index in [1.807, 2.05) is 13.0 Å². The van der Waals surface area contributed by atoms with Crippen molar-refractivity contribution < 1.29 is 4.79 Å².